The highest BCUT2D eigenvalue weighted by Crippen LogP contribution is 2.29. The van der Waals surface area contributed by atoms with E-state index in [-0.39, 0.29) is 11.9 Å². The minimum Gasteiger partial charge on any atom is -0.488 e. The second-order valence-electron chi connectivity index (χ2n) is 4.69. The molecule has 0 amide bonds. The van der Waals surface area contributed by atoms with Gasteiger partial charge in [0.1, 0.15) is 17.7 Å². The molecule has 0 aromatic heterocycles. The largest absolute Gasteiger partial charge is 0.488 e. The maximum Gasteiger partial charge on any atom is 0.123 e. The van der Waals surface area contributed by atoms with Crippen molar-refractivity contribution in [1.82, 2.24) is 5.32 Å². The summed E-state index contributed by atoms with van der Waals surface area (Å²) in [5, 5.41) is 4.52. The van der Waals surface area contributed by atoms with Gasteiger partial charge < -0.3 is 10.1 Å². The fourth-order valence-corrected chi connectivity index (χ4v) is 2.84. The summed E-state index contributed by atoms with van der Waals surface area (Å²) in [6.07, 6.45) is 3.15. The molecule has 0 radical (unpaired) electrons. The van der Waals surface area contributed by atoms with Crippen LogP contribution in [0.5, 0.6) is 5.75 Å². The molecule has 0 saturated carbocycles. The highest BCUT2D eigenvalue weighted by molar-refractivity contribution is 9.09. The Bertz CT molecular complexity index is 399. The number of ether oxygens (including phenoxy) is 1. The molecule has 1 heterocycles. The molecule has 0 spiro atoms. The molecule has 0 aliphatic carbocycles. The molecule has 1 aromatic rings. The molecule has 1 aromatic carbocycles. The van der Waals surface area contributed by atoms with Gasteiger partial charge in [0, 0.05) is 29.9 Å². The number of benzene rings is 1. The summed E-state index contributed by atoms with van der Waals surface area (Å²) >= 11 is 3.46. The van der Waals surface area contributed by atoms with E-state index in [1.807, 2.05) is 0 Å². The van der Waals surface area contributed by atoms with Crippen molar-refractivity contribution in [1.29, 1.82) is 0 Å². The molecule has 18 heavy (non-hydrogen) atoms. The van der Waals surface area contributed by atoms with Gasteiger partial charge in [0.15, 0.2) is 0 Å². The Labute approximate surface area is 116 Å². The number of fused-ring (bicyclic) bond motifs is 1. The second-order valence-corrected chi connectivity index (χ2v) is 5.48. The predicted molar refractivity (Wildman–Crippen MR) is 75.0 cm³/mol. The van der Waals surface area contributed by atoms with Gasteiger partial charge in [0.05, 0.1) is 0 Å². The number of rotatable bonds is 6. The van der Waals surface area contributed by atoms with Crippen LogP contribution in [0.3, 0.4) is 0 Å². The van der Waals surface area contributed by atoms with Crippen LogP contribution in [-0.4, -0.2) is 24.0 Å². The van der Waals surface area contributed by atoms with Crippen molar-refractivity contribution in [3.63, 3.8) is 0 Å². The van der Waals surface area contributed by atoms with Gasteiger partial charge in [-0.05, 0) is 31.0 Å². The van der Waals surface area contributed by atoms with Crippen LogP contribution >= 0.6 is 15.9 Å². The summed E-state index contributed by atoms with van der Waals surface area (Å²) in [5.74, 6) is 0.647. The molecular weight excluding hydrogens is 297 g/mol. The van der Waals surface area contributed by atoms with Crippen molar-refractivity contribution in [2.75, 3.05) is 11.9 Å². The molecule has 0 saturated heterocycles. The number of halogens is 2. The first-order valence-corrected chi connectivity index (χ1v) is 7.59. The Balaban J connectivity index is 1.84. The first kappa shape index (κ1) is 13.8. The quantitative estimate of drug-likeness (QED) is 0.813. The summed E-state index contributed by atoms with van der Waals surface area (Å²) in [6, 6.07) is 5.27. The van der Waals surface area contributed by atoms with Crippen LogP contribution in [0.1, 0.15) is 25.3 Å². The fraction of sp³-hybridized carbons (Fsp3) is 0.571. The summed E-state index contributed by atoms with van der Waals surface area (Å²) in [7, 11) is 0. The predicted octanol–water partition coefficient (Wildman–Crippen LogP) is 3.28. The van der Waals surface area contributed by atoms with Crippen molar-refractivity contribution in [2.45, 2.75) is 38.3 Å². The van der Waals surface area contributed by atoms with E-state index in [1.54, 1.807) is 12.1 Å². The Hall–Kier alpha value is -0.610. The minimum atomic E-state index is -0.184. The normalized spacial score (nSPS) is 19.4. The van der Waals surface area contributed by atoms with Crippen molar-refractivity contribution in [3.05, 3.63) is 29.6 Å². The fourth-order valence-electron chi connectivity index (χ4n) is 2.28. The average molecular weight is 316 g/mol. The molecule has 100 valence electrons. The van der Waals surface area contributed by atoms with E-state index in [0.29, 0.717) is 6.04 Å². The Morgan fingerprint density at radius 3 is 3.11 bits per heavy atom. The van der Waals surface area contributed by atoms with Crippen molar-refractivity contribution < 1.29 is 9.13 Å². The number of hydrogen-bond donors (Lipinski definition) is 1. The van der Waals surface area contributed by atoms with Crippen LogP contribution in [0.2, 0.25) is 0 Å². The molecule has 0 bridgehead atoms. The molecule has 1 N–H and O–H groups in total. The molecule has 0 fully saturated rings. The van der Waals surface area contributed by atoms with Crippen LogP contribution in [0.4, 0.5) is 4.39 Å². The van der Waals surface area contributed by atoms with Crippen LogP contribution in [0.25, 0.3) is 0 Å². The second kappa shape index (κ2) is 6.53. The van der Waals surface area contributed by atoms with E-state index in [1.165, 1.54) is 6.07 Å². The summed E-state index contributed by atoms with van der Waals surface area (Å²) in [5.41, 5.74) is 0.982. The SMILES string of the molecule is CCC(CCBr)NCC1Cc2cc(F)ccc2O1. The molecule has 4 heteroatoms. The molecular formula is C14H19BrFNO. The van der Waals surface area contributed by atoms with E-state index in [2.05, 4.69) is 28.2 Å². The molecule has 2 atom stereocenters. The topological polar surface area (TPSA) is 21.3 Å². The lowest BCUT2D eigenvalue weighted by molar-refractivity contribution is 0.220. The first-order chi connectivity index (χ1) is 8.72. The van der Waals surface area contributed by atoms with Gasteiger partial charge in [-0.2, -0.15) is 0 Å². The van der Waals surface area contributed by atoms with Crippen molar-refractivity contribution in [3.8, 4) is 5.75 Å². The minimum absolute atomic E-state index is 0.131. The third-order valence-electron chi connectivity index (χ3n) is 3.35. The maximum atomic E-state index is 13.1. The average Bonchev–Trinajstić information content (AvgIpc) is 2.76. The molecule has 2 unspecified atom stereocenters. The van der Waals surface area contributed by atoms with E-state index in [4.69, 9.17) is 4.74 Å². The van der Waals surface area contributed by atoms with Crippen LogP contribution in [-0.2, 0) is 6.42 Å². The zero-order valence-corrected chi connectivity index (χ0v) is 12.2. The van der Waals surface area contributed by atoms with Gasteiger partial charge >= 0.3 is 0 Å². The van der Waals surface area contributed by atoms with Gasteiger partial charge in [0.25, 0.3) is 0 Å². The molecule has 1 aliphatic rings. The zero-order valence-electron chi connectivity index (χ0n) is 10.6. The molecule has 2 rings (SSSR count). The standard InChI is InChI=1S/C14H19BrFNO/c1-2-12(5-6-15)17-9-13-8-10-7-11(16)3-4-14(10)18-13/h3-4,7,12-13,17H,2,5-6,8-9H2,1H3. The third-order valence-corrected chi connectivity index (χ3v) is 3.81. The van der Waals surface area contributed by atoms with Gasteiger partial charge in [-0.25, -0.2) is 4.39 Å². The van der Waals surface area contributed by atoms with Crippen LogP contribution < -0.4 is 10.1 Å². The van der Waals surface area contributed by atoms with Crippen LogP contribution in [0, 0.1) is 5.82 Å². The lowest BCUT2D eigenvalue weighted by Gasteiger charge is -2.18. The van der Waals surface area contributed by atoms with Crippen molar-refractivity contribution in [2.24, 2.45) is 0 Å². The highest BCUT2D eigenvalue weighted by atomic mass is 79.9. The van der Waals surface area contributed by atoms with E-state index in [9.17, 15) is 4.39 Å². The smallest absolute Gasteiger partial charge is 0.123 e. The van der Waals surface area contributed by atoms with Crippen LogP contribution in [0.15, 0.2) is 18.2 Å². The number of hydrogen-bond acceptors (Lipinski definition) is 2. The first-order valence-electron chi connectivity index (χ1n) is 6.47. The summed E-state index contributed by atoms with van der Waals surface area (Å²) in [4.78, 5) is 0. The summed E-state index contributed by atoms with van der Waals surface area (Å²) in [6.45, 7) is 3.00. The van der Waals surface area contributed by atoms with E-state index in [0.717, 1.165) is 42.5 Å². The highest BCUT2D eigenvalue weighted by Gasteiger charge is 2.23. The number of nitrogens with one attached hydrogen (secondary N) is 1. The third kappa shape index (κ3) is 3.45. The maximum absolute atomic E-state index is 13.1. The van der Waals surface area contributed by atoms with Gasteiger partial charge in [0.2, 0.25) is 0 Å². The lowest BCUT2D eigenvalue weighted by Crippen LogP contribution is -2.37. The van der Waals surface area contributed by atoms with E-state index >= 15 is 0 Å². The van der Waals surface area contributed by atoms with Gasteiger partial charge in [-0.3, -0.25) is 0 Å². The number of alkyl halides is 1. The van der Waals surface area contributed by atoms with Gasteiger partial charge in [-0.15, -0.1) is 0 Å². The Kier molecular flexibility index (Phi) is 5.01. The van der Waals surface area contributed by atoms with E-state index < -0.39 is 0 Å². The van der Waals surface area contributed by atoms with Crippen molar-refractivity contribution >= 4 is 15.9 Å². The zero-order chi connectivity index (χ0) is 13.0. The lowest BCUT2D eigenvalue weighted by atomic mass is 10.1. The summed E-state index contributed by atoms with van der Waals surface area (Å²) < 4.78 is 18.9. The van der Waals surface area contributed by atoms with Gasteiger partial charge in [-0.1, -0.05) is 22.9 Å². The Morgan fingerprint density at radius 1 is 1.56 bits per heavy atom. The molecule has 2 nitrogen and oxygen atoms in total. The molecule has 1 aliphatic heterocycles. The monoisotopic (exact) mass is 315 g/mol. The Morgan fingerprint density at radius 2 is 2.39 bits per heavy atom.